The molecule has 0 saturated heterocycles. The van der Waals surface area contributed by atoms with E-state index in [9.17, 15) is 4.79 Å². The second kappa shape index (κ2) is 14.3. The number of hydrogen-bond donors (Lipinski definition) is 2. The van der Waals surface area contributed by atoms with Crippen LogP contribution in [0.5, 0.6) is 5.75 Å². The molecule has 0 fully saturated rings. The number of benzene rings is 3. The van der Waals surface area contributed by atoms with Crippen LogP contribution in [0.4, 0.5) is 0 Å². The van der Waals surface area contributed by atoms with Crippen molar-refractivity contribution >= 4 is 43.7 Å². The first-order chi connectivity index (χ1) is 19.3. The number of nitrogens with one attached hydrogen (secondary N) is 1. The summed E-state index contributed by atoms with van der Waals surface area (Å²) in [6, 6.07) is 23.2. The minimum absolute atomic E-state index is 0.0802. The third-order valence-corrected chi connectivity index (χ3v) is 7.92. The van der Waals surface area contributed by atoms with Crippen LogP contribution in [0.15, 0.2) is 86.7 Å². The molecule has 0 spiro atoms. The summed E-state index contributed by atoms with van der Waals surface area (Å²) in [7, 11) is 4.04. The molecule has 2 atom stereocenters. The van der Waals surface area contributed by atoms with Crippen LogP contribution in [0.1, 0.15) is 35.6 Å². The van der Waals surface area contributed by atoms with Crippen molar-refractivity contribution in [3.63, 3.8) is 0 Å². The summed E-state index contributed by atoms with van der Waals surface area (Å²) in [6.07, 6.45) is 1.09. The first-order valence-electron chi connectivity index (χ1n) is 13.3. The van der Waals surface area contributed by atoms with Gasteiger partial charge in [0.1, 0.15) is 5.75 Å². The molecule has 1 heterocycles. The maximum absolute atomic E-state index is 14.2. The predicted octanol–water partition coefficient (Wildman–Crippen LogP) is 5.54. The van der Waals surface area contributed by atoms with Crippen LogP contribution in [0.3, 0.4) is 0 Å². The Balaban J connectivity index is 1.74. The lowest BCUT2D eigenvalue weighted by Crippen LogP contribution is -2.50. The molecule has 0 bridgehead atoms. The molecule has 1 aliphatic rings. The number of aliphatic hydroxyl groups is 1. The van der Waals surface area contributed by atoms with E-state index in [0.29, 0.717) is 37.6 Å². The van der Waals surface area contributed by atoms with E-state index in [2.05, 4.69) is 42.1 Å². The number of carbonyl (C=O) groups is 1. The quantitative estimate of drug-likeness (QED) is 0.233. The summed E-state index contributed by atoms with van der Waals surface area (Å²) in [5.74, 6) is 0.926. The second-order valence-electron chi connectivity index (χ2n) is 10.0. The Labute approximate surface area is 252 Å². The summed E-state index contributed by atoms with van der Waals surface area (Å²) < 4.78 is 14.1. The molecule has 1 amide bonds. The Morgan fingerprint density at radius 3 is 2.45 bits per heavy atom. The molecule has 4 rings (SSSR count). The van der Waals surface area contributed by atoms with E-state index >= 15 is 0 Å². The van der Waals surface area contributed by atoms with Crippen molar-refractivity contribution in [3.05, 3.63) is 98.4 Å². The van der Waals surface area contributed by atoms with Gasteiger partial charge in [-0.15, -0.1) is 0 Å². The maximum atomic E-state index is 14.2. The normalized spacial score (nSPS) is 18.4. The van der Waals surface area contributed by atoms with Crippen molar-refractivity contribution in [2.75, 3.05) is 40.4 Å². The fourth-order valence-electron chi connectivity index (χ4n) is 4.61. The monoisotopic (exact) mass is 671 g/mol. The third kappa shape index (κ3) is 7.51. The van der Waals surface area contributed by atoms with Crippen LogP contribution in [-0.2, 0) is 16.0 Å². The molecule has 2 N–H and O–H groups in total. The second-order valence-corrected chi connectivity index (χ2v) is 11.8. The number of carbonyl (C=O) groups excluding carboxylic acids is 1. The van der Waals surface area contributed by atoms with Gasteiger partial charge in [0, 0.05) is 46.1 Å². The third-order valence-electron chi connectivity index (χ3n) is 6.67. The van der Waals surface area contributed by atoms with Crippen molar-refractivity contribution < 1.29 is 19.4 Å². The molecule has 7 nitrogen and oxygen atoms in total. The first kappa shape index (κ1) is 30.2. The molecule has 0 unspecified atom stereocenters. The van der Waals surface area contributed by atoms with Crippen molar-refractivity contribution in [2.45, 2.75) is 30.9 Å². The Morgan fingerprint density at radius 1 is 1.05 bits per heavy atom. The van der Waals surface area contributed by atoms with E-state index in [1.807, 2.05) is 86.9 Å². The molecule has 40 heavy (non-hydrogen) atoms. The number of nitrogens with zero attached hydrogens (tertiary/aromatic N) is 2. The van der Waals surface area contributed by atoms with Gasteiger partial charge in [-0.1, -0.05) is 62.2 Å². The Morgan fingerprint density at radius 2 is 1.77 bits per heavy atom. The SMILES string of the molecule is CN(C)CCCNC(=O)[C@]1(Cc2ccc(Br)cc2)N=C(c2ccc(OCCCO)cc2)O[C@@H]1c1ccccc1Br. The van der Waals surface area contributed by atoms with Crippen molar-refractivity contribution in [1.29, 1.82) is 0 Å². The van der Waals surface area contributed by atoms with Crippen LogP contribution in [0, 0.1) is 0 Å². The van der Waals surface area contributed by atoms with Gasteiger partial charge in [-0.2, -0.15) is 0 Å². The zero-order valence-electron chi connectivity index (χ0n) is 22.8. The average Bonchev–Trinajstić information content (AvgIpc) is 3.33. The maximum Gasteiger partial charge on any atom is 0.252 e. The summed E-state index contributed by atoms with van der Waals surface area (Å²) in [4.78, 5) is 21.4. The van der Waals surface area contributed by atoms with Crippen LogP contribution >= 0.6 is 31.9 Å². The number of ether oxygens (including phenoxy) is 2. The van der Waals surface area contributed by atoms with Crippen LogP contribution in [-0.4, -0.2) is 67.7 Å². The molecular formula is C31H35Br2N3O4. The van der Waals surface area contributed by atoms with Crippen LogP contribution < -0.4 is 10.1 Å². The standard InChI is InChI=1S/C31H35Br2N3O4/c1-36(2)18-5-17-34-30(38)31(21-22-9-13-24(32)14-10-22)28(26-7-3-4-8-27(26)33)40-29(35-31)23-11-15-25(16-12-23)39-20-6-19-37/h3-4,7-16,28,37H,5-6,17-21H2,1-2H3,(H,34,38)/t28-,31-/m1/s1. The fourth-order valence-corrected chi connectivity index (χ4v) is 5.37. The van der Waals surface area contributed by atoms with E-state index in [4.69, 9.17) is 19.6 Å². The predicted molar refractivity (Wildman–Crippen MR) is 165 cm³/mol. The van der Waals surface area contributed by atoms with Crippen LogP contribution in [0.2, 0.25) is 0 Å². The molecule has 0 aliphatic carbocycles. The Kier molecular flexibility index (Phi) is 10.8. The van der Waals surface area contributed by atoms with E-state index in [-0.39, 0.29) is 12.5 Å². The minimum atomic E-state index is -1.23. The highest BCUT2D eigenvalue weighted by Gasteiger charge is 2.53. The summed E-state index contributed by atoms with van der Waals surface area (Å²) in [5.41, 5.74) is 1.35. The molecule has 3 aromatic carbocycles. The molecule has 3 aromatic rings. The molecule has 0 saturated carbocycles. The number of amides is 1. The Hall–Kier alpha value is -2.72. The molecule has 9 heteroatoms. The van der Waals surface area contributed by atoms with Gasteiger partial charge in [0.2, 0.25) is 5.90 Å². The van der Waals surface area contributed by atoms with E-state index in [1.165, 1.54) is 0 Å². The van der Waals surface area contributed by atoms with Crippen molar-refractivity contribution in [3.8, 4) is 5.75 Å². The average molecular weight is 673 g/mol. The number of aliphatic imine (C=N–C) groups is 1. The summed E-state index contributed by atoms with van der Waals surface area (Å²) >= 11 is 7.20. The van der Waals surface area contributed by atoms with Crippen LogP contribution in [0.25, 0.3) is 0 Å². The van der Waals surface area contributed by atoms with Gasteiger partial charge in [-0.25, -0.2) is 4.99 Å². The highest BCUT2D eigenvalue weighted by Crippen LogP contribution is 2.44. The highest BCUT2D eigenvalue weighted by molar-refractivity contribution is 9.10. The molecule has 0 radical (unpaired) electrons. The van der Waals surface area contributed by atoms with Gasteiger partial charge in [0.05, 0.1) is 6.61 Å². The first-order valence-corrected chi connectivity index (χ1v) is 14.9. The van der Waals surface area contributed by atoms with E-state index in [0.717, 1.165) is 38.6 Å². The summed E-state index contributed by atoms with van der Waals surface area (Å²) in [6.45, 7) is 1.91. The molecule has 0 aromatic heterocycles. The largest absolute Gasteiger partial charge is 0.494 e. The molecule has 212 valence electrons. The van der Waals surface area contributed by atoms with Gasteiger partial charge < -0.3 is 24.8 Å². The van der Waals surface area contributed by atoms with Crippen molar-refractivity contribution in [1.82, 2.24) is 10.2 Å². The minimum Gasteiger partial charge on any atom is -0.494 e. The molecular weight excluding hydrogens is 638 g/mol. The number of aliphatic hydroxyl groups excluding tert-OH is 1. The van der Waals surface area contributed by atoms with E-state index in [1.54, 1.807) is 0 Å². The lowest BCUT2D eigenvalue weighted by atomic mass is 9.82. The highest BCUT2D eigenvalue weighted by atomic mass is 79.9. The smallest absolute Gasteiger partial charge is 0.252 e. The number of halogens is 2. The molecule has 1 aliphatic heterocycles. The van der Waals surface area contributed by atoms with Crippen molar-refractivity contribution in [2.24, 2.45) is 4.99 Å². The number of hydrogen-bond acceptors (Lipinski definition) is 6. The lowest BCUT2D eigenvalue weighted by molar-refractivity contribution is -0.129. The zero-order chi connectivity index (χ0) is 28.5. The van der Waals surface area contributed by atoms with Gasteiger partial charge >= 0.3 is 0 Å². The fraction of sp³-hybridized carbons (Fsp3) is 0.355. The Bertz CT molecular complexity index is 1300. The van der Waals surface area contributed by atoms with Gasteiger partial charge in [-0.05, 0) is 75.1 Å². The topological polar surface area (TPSA) is 83.4 Å². The summed E-state index contributed by atoms with van der Waals surface area (Å²) in [5, 5.41) is 12.2. The van der Waals surface area contributed by atoms with Gasteiger partial charge in [0.15, 0.2) is 11.6 Å². The van der Waals surface area contributed by atoms with E-state index < -0.39 is 11.6 Å². The lowest BCUT2D eigenvalue weighted by Gasteiger charge is -2.31. The zero-order valence-corrected chi connectivity index (χ0v) is 25.9. The van der Waals surface area contributed by atoms with Gasteiger partial charge in [-0.3, -0.25) is 4.79 Å². The number of rotatable bonds is 13. The van der Waals surface area contributed by atoms with Gasteiger partial charge in [0.25, 0.3) is 5.91 Å².